The van der Waals surface area contributed by atoms with Crippen LogP contribution in [0.25, 0.3) is 0 Å². The molecular formula is C20H24N4O. The second-order valence-electron chi connectivity index (χ2n) is 6.65. The zero-order valence-corrected chi connectivity index (χ0v) is 14.5. The number of likely N-dealkylation sites (N-methyl/N-ethyl adjacent to an activating group) is 1. The number of primary amides is 1. The molecule has 1 heterocycles. The Hall–Kier alpha value is -2.66. The number of carbonyl (C=O) groups excluding carboxylic acids is 1. The number of amides is 1. The van der Waals surface area contributed by atoms with Crippen LogP contribution in [0, 0.1) is 5.41 Å². The molecule has 0 aromatic heterocycles. The Balaban J connectivity index is 1.66. The van der Waals surface area contributed by atoms with E-state index < -0.39 is 5.91 Å². The van der Waals surface area contributed by atoms with E-state index in [-0.39, 0.29) is 11.3 Å². The number of benzene rings is 1. The molecule has 0 saturated carbocycles. The normalized spacial score (nSPS) is 22.8. The monoisotopic (exact) mass is 336 g/mol. The summed E-state index contributed by atoms with van der Waals surface area (Å²) in [7, 11) is 2.18. The maximum atomic E-state index is 11.3. The van der Waals surface area contributed by atoms with Gasteiger partial charge >= 0.3 is 0 Å². The Morgan fingerprint density at radius 3 is 2.80 bits per heavy atom. The SMILES string of the molecule is CN1CCCC(c2ccc(N/C=C3/C=CC=C(C(N)=O)C3=N)cc2)C1. The summed E-state index contributed by atoms with van der Waals surface area (Å²) >= 11 is 0. The van der Waals surface area contributed by atoms with E-state index in [0.717, 1.165) is 12.2 Å². The van der Waals surface area contributed by atoms with E-state index in [1.807, 2.05) is 0 Å². The van der Waals surface area contributed by atoms with Crippen molar-refractivity contribution in [1.82, 2.24) is 4.90 Å². The van der Waals surface area contributed by atoms with Crippen LogP contribution in [0.3, 0.4) is 0 Å². The number of likely N-dealkylation sites (tertiary alicyclic amines) is 1. The van der Waals surface area contributed by atoms with Crippen LogP contribution in [0.15, 0.2) is 59.8 Å². The van der Waals surface area contributed by atoms with Gasteiger partial charge in [0.05, 0.1) is 11.3 Å². The second kappa shape index (κ2) is 7.49. The number of nitrogens with one attached hydrogen (secondary N) is 2. The van der Waals surface area contributed by atoms with Gasteiger partial charge < -0.3 is 16.0 Å². The predicted octanol–water partition coefficient (Wildman–Crippen LogP) is 2.79. The summed E-state index contributed by atoms with van der Waals surface area (Å²) in [6, 6.07) is 8.45. The van der Waals surface area contributed by atoms with E-state index in [2.05, 4.69) is 41.5 Å². The molecule has 1 aliphatic heterocycles. The average molecular weight is 336 g/mol. The summed E-state index contributed by atoms with van der Waals surface area (Å²) in [4.78, 5) is 13.7. The van der Waals surface area contributed by atoms with Gasteiger partial charge in [-0.2, -0.15) is 0 Å². The first-order chi connectivity index (χ1) is 12.0. The van der Waals surface area contributed by atoms with Gasteiger partial charge in [0.1, 0.15) is 0 Å². The quantitative estimate of drug-likeness (QED) is 0.791. The molecule has 4 N–H and O–H groups in total. The van der Waals surface area contributed by atoms with Crippen molar-refractivity contribution in [2.75, 3.05) is 25.5 Å². The molecule has 1 saturated heterocycles. The summed E-state index contributed by atoms with van der Waals surface area (Å²) in [5.74, 6) is 0.0194. The van der Waals surface area contributed by atoms with Crippen LogP contribution in [0.1, 0.15) is 24.3 Å². The van der Waals surface area contributed by atoms with E-state index in [9.17, 15) is 4.79 Å². The summed E-state index contributed by atoms with van der Waals surface area (Å²) in [5.41, 5.74) is 8.62. The van der Waals surface area contributed by atoms with E-state index in [4.69, 9.17) is 11.1 Å². The van der Waals surface area contributed by atoms with Crippen molar-refractivity contribution in [2.45, 2.75) is 18.8 Å². The van der Waals surface area contributed by atoms with Crippen LogP contribution in [0.5, 0.6) is 0 Å². The molecule has 130 valence electrons. The van der Waals surface area contributed by atoms with Gasteiger partial charge in [0.25, 0.3) is 5.91 Å². The van der Waals surface area contributed by atoms with Gasteiger partial charge in [0.15, 0.2) is 0 Å². The van der Waals surface area contributed by atoms with Gasteiger partial charge in [-0.1, -0.05) is 24.3 Å². The molecule has 1 aliphatic carbocycles. The molecule has 1 atom stereocenters. The Kier molecular flexibility index (Phi) is 5.14. The number of carbonyl (C=O) groups is 1. The summed E-state index contributed by atoms with van der Waals surface area (Å²) in [6.45, 7) is 2.30. The Morgan fingerprint density at radius 1 is 1.36 bits per heavy atom. The van der Waals surface area contributed by atoms with Gasteiger partial charge in [0, 0.05) is 24.0 Å². The molecule has 0 bridgehead atoms. The van der Waals surface area contributed by atoms with Crippen LogP contribution >= 0.6 is 0 Å². The number of anilines is 1. The highest BCUT2D eigenvalue weighted by Crippen LogP contribution is 2.27. The van der Waals surface area contributed by atoms with Crippen LogP contribution in [-0.2, 0) is 4.79 Å². The molecule has 5 heteroatoms. The van der Waals surface area contributed by atoms with E-state index in [0.29, 0.717) is 11.5 Å². The van der Waals surface area contributed by atoms with Crippen molar-refractivity contribution < 1.29 is 4.79 Å². The number of hydrogen-bond donors (Lipinski definition) is 3. The third-order valence-corrected chi connectivity index (χ3v) is 4.76. The van der Waals surface area contributed by atoms with Gasteiger partial charge in [0.2, 0.25) is 0 Å². The van der Waals surface area contributed by atoms with Crippen LogP contribution in [0.4, 0.5) is 5.69 Å². The highest BCUT2D eigenvalue weighted by Gasteiger charge is 2.19. The molecule has 2 aliphatic rings. The maximum absolute atomic E-state index is 11.3. The van der Waals surface area contributed by atoms with Gasteiger partial charge in [-0.15, -0.1) is 0 Å². The summed E-state index contributed by atoms with van der Waals surface area (Å²) < 4.78 is 0. The Morgan fingerprint density at radius 2 is 2.12 bits per heavy atom. The number of rotatable bonds is 4. The minimum absolute atomic E-state index is 0.143. The molecule has 1 amide bonds. The predicted molar refractivity (Wildman–Crippen MR) is 102 cm³/mol. The lowest BCUT2D eigenvalue weighted by Gasteiger charge is -2.30. The van der Waals surface area contributed by atoms with E-state index in [1.54, 1.807) is 24.4 Å². The minimum Gasteiger partial charge on any atom is -0.366 e. The Bertz CT molecular complexity index is 758. The first-order valence-corrected chi connectivity index (χ1v) is 8.57. The molecule has 1 fully saturated rings. The van der Waals surface area contributed by atoms with Crippen molar-refractivity contribution in [3.05, 3.63) is 65.4 Å². The van der Waals surface area contributed by atoms with Gasteiger partial charge in [-0.3, -0.25) is 10.2 Å². The zero-order chi connectivity index (χ0) is 17.8. The lowest BCUT2D eigenvalue weighted by atomic mass is 9.91. The minimum atomic E-state index is -0.581. The van der Waals surface area contributed by atoms with Crippen molar-refractivity contribution in [2.24, 2.45) is 5.73 Å². The molecular weight excluding hydrogens is 312 g/mol. The van der Waals surface area contributed by atoms with Gasteiger partial charge in [-0.05, 0) is 56.1 Å². The van der Waals surface area contributed by atoms with Crippen molar-refractivity contribution in [1.29, 1.82) is 5.41 Å². The average Bonchev–Trinajstić information content (AvgIpc) is 2.61. The van der Waals surface area contributed by atoms with E-state index >= 15 is 0 Å². The maximum Gasteiger partial charge on any atom is 0.250 e. The second-order valence-corrected chi connectivity index (χ2v) is 6.65. The molecule has 25 heavy (non-hydrogen) atoms. The molecule has 1 aromatic rings. The fourth-order valence-electron chi connectivity index (χ4n) is 3.35. The first kappa shape index (κ1) is 17.2. The number of allylic oxidation sites excluding steroid dienone is 4. The topological polar surface area (TPSA) is 82.2 Å². The fraction of sp³-hybridized carbons (Fsp3) is 0.300. The van der Waals surface area contributed by atoms with E-state index in [1.165, 1.54) is 24.9 Å². The largest absolute Gasteiger partial charge is 0.366 e. The number of piperidine rings is 1. The van der Waals surface area contributed by atoms with Crippen LogP contribution in [0.2, 0.25) is 0 Å². The van der Waals surface area contributed by atoms with Crippen molar-refractivity contribution in [3.8, 4) is 0 Å². The van der Waals surface area contributed by atoms with Crippen LogP contribution in [-0.4, -0.2) is 36.7 Å². The fourth-order valence-corrected chi connectivity index (χ4v) is 3.35. The molecule has 0 radical (unpaired) electrons. The van der Waals surface area contributed by atoms with Crippen LogP contribution < -0.4 is 11.1 Å². The zero-order valence-electron chi connectivity index (χ0n) is 14.5. The standard InChI is InChI=1S/C20H24N4O/c1-24-11-3-5-16(13-24)14-7-9-17(10-8-14)23-12-15-4-2-6-18(19(15)21)20(22)25/h2,4,6-10,12,16,21,23H,3,5,11,13H2,1H3,(H2,22,25)/b15-12-,21-19?. The van der Waals surface area contributed by atoms with Crippen molar-refractivity contribution >= 4 is 17.3 Å². The lowest BCUT2D eigenvalue weighted by molar-refractivity contribution is -0.114. The highest BCUT2D eigenvalue weighted by molar-refractivity contribution is 6.28. The molecule has 0 spiro atoms. The molecule has 5 nitrogen and oxygen atoms in total. The third-order valence-electron chi connectivity index (χ3n) is 4.76. The van der Waals surface area contributed by atoms with Crippen molar-refractivity contribution in [3.63, 3.8) is 0 Å². The highest BCUT2D eigenvalue weighted by atomic mass is 16.1. The summed E-state index contributed by atoms with van der Waals surface area (Å²) in [6.07, 6.45) is 9.31. The number of nitrogens with two attached hydrogens (primary N) is 1. The van der Waals surface area contributed by atoms with Gasteiger partial charge in [-0.25, -0.2) is 0 Å². The molecule has 1 aromatic carbocycles. The molecule has 1 unspecified atom stereocenters. The first-order valence-electron chi connectivity index (χ1n) is 8.57. The lowest BCUT2D eigenvalue weighted by Crippen LogP contribution is -2.30. The molecule has 3 rings (SSSR count). The number of nitrogens with zero attached hydrogens (tertiary/aromatic N) is 1. The summed E-state index contributed by atoms with van der Waals surface area (Å²) in [5, 5.41) is 11.3. The third kappa shape index (κ3) is 4.06. The Labute approximate surface area is 148 Å². The smallest absolute Gasteiger partial charge is 0.250 e. The number of hydrogen-bond acceptors (Lipinski definition) is 4.